The molecule has 0 aromatic carbocycles. The van der Waals surface area contributed by atoms with E-state index >= 15 is 0 Å². The molecule has 0 aromatic rings. The molecule has 1 unspecified atom stereocenters. The molecule has 0 fully saturated rings. The molecule has 16 heavy (non-hydrogen) atoms. The SMILES string of the molecule is CCC(C)[Si](C)(C[Si](C)(C)C)C[Si](C)(C)C. The van der Waals surface area contributed by atoms with Gasteiger partial charge >= 0.3 is 0 Å². The summed E-state index contributed by atoms with van der Waals surface area (Å²) < 4.78 is 0. The minimum atomic E-state index is -1.00. The first-order valence-corrected chi connectivity index (χ1v) is 17.3. The highest BCUT2D eigenvalue weighted by atomic mass is 28.4. The van der Waals surface area contributed by atoms with E-state index in [1.165, 1.54) is 6.42 Å². The summed E-state index contributed by atoms with van der Waals surface area (Å²) >= 11 is 0. The van der Waals surface area contributed by atoms with Crippen LogP contribution in [0, 0.1) is 0 Å². The first-order valence-electron chi connectivity index (χ1n) is 6.90. The maximum Gasteiger partial charge on any atom is 0.0480 e. The van der Waals surface area contributed by atoms with Crippen LogP contribution in [-0.4, -0.2) is 24.2 Å². The molecule has 0 nitrogen and oxygen atoms in total. The van der Waals surface area contributed by atoms with Crippen LogP contribution in [0.2, 0.25) is 62.7 Å². The Kier molecular flexibility index (Phi) is 5.75. The molecule has 0 spiro atoms. The minimum Gasteiger partial charge on any atom is -0.0698 e. The monoisotopic (exact) mass is 274 g/mol. The van der Waals surface area contributed by atoms with E-state index in [4.69, 9.17) is 0 Å². The van der Waals surface area contributed by atoms with Crippen LogP contribution in [0.25, 0.3) is 0 Å². The van der Waals surface area contributed by atoms with Crippen molar-refractivity contribution in [3.8, 4) is 0 Å². The van der Waals surface area contributed by atoms with Gasteiger partial charge in [-0.25, -0.2) is 0 Å². The summed E-state index contributed by atoms with van der Waals surface area (Å²) in [6.45, 7) is 23.0. The van der Waals surface area contributed by atoms with Gasteiger partial charge in [0.1, 0.15) is 0 Å². The van der Waals surface area contributed by atoms with Gasteiger partial charge in [-0.3, -0.25) is 0 Å². The summed E-state index contributed by atoms with van der Waals surface area (Å²) in [5, 5.41) is 0. The molecule has 0 amide bonds. The molecule has 0 radical (unpaired) electrons. The number of rotatable bonds is 6. The number of hydrogen-bond acceptors (Lipinski definition) is 0. The summed E-state index contributed by atoms with van der Waals surface area (Å²) in [5.41, 5.74) is 4.30. The topological polar surface area (TPSA) is 0 Å². The molecule has 0 aliphatic carbocycles. The van der Waals surface area contributed by atoms with Crippen molar-refractivity contribution >= 4 is 24.2 Å². The lowest BCUT2D eigenvalue weighted by Crippen LogP contribution is -2.48. The zero-order chi connectivity index (χ0) is 13.2. The predicted molar refractivity (Wildman–Crippen MR) is 87.6 cm³/mol. The van der Waals surface area contributed by atoms with Crippen molar-refractivity contribution in [2.75, 3.05) is 0 Å². The van der Waals surface area contributed by atoms with E-state index in [1.54, 1.807) is 11.3 Å². The van der Waals surface area contributed by atoms with Crippen molar-refractivity contribution in [2.45, 2.75) is 83.0 Å². The predicted octanol–water partition coefficient (Wildman–Crippen LogP) is 5.62. The first kappa shape index (κ1) is 16.7. The zero-order valence-electron chi connectivity index (χ0n) is 13.2. The lowest BCUT2D eigenvalue weighted by molar-refractivity contribution is 0.836. The van der Waals surface area contributed by atoms with Crippen molar-refractivity contribution < 1.29 is 0 Å². The zero-order valence-corrected chi connectivity index (χ0v) is 16.2. The molecule has 0 N–H and O–H groups in total. The van der Waals surface area contributed by atoms with Crippen LogP contribution >= 0.6 is 0 Å². The Morgan fingerprint density at radius 2 is 1.06 bits per heavy atom. The average Bonchev–Trinajstić information content (AvgIpc) is 1.95. The van der Waals surface area contributed by atoms with Gasteiger partial charge in [-0.2, -0.15) is 0 Å². The Balaban J connectivity index is 4.90. The summed E-state index contributed by atoms with van der Waals surface area (Å²) in [6, 6.07) is 0. The fourth-order valence-electron chi connectivity index (χ4n) is 3.33. The molecule has 0 aliphatic rings. The lowest BCUT2D eigenvalue weighted by Gasteiger charge is -2.41. The van der Waals surface area contributed by atoms with Crippen molar-refractivity contribution in [1.82, 2.24) is 0 Å². The van der Waals surface area contributed by atoms with E-state index in [1.807, 2.05) is 0 Å². The van der Waals surface area contributed by atoms with Crippen molar-refractivity contribution in [1.29, 1.82) is 0 Å². The molecule has 1 atom stereocenters. The highest BCUT2D eigenvalue weighted by Crippen LogP contribution is 2.38. The van der Waals surface area contributed by atoms with Crippen molar-refractivity contribution in [2.24, 2.45) is 0 Å². The Hall–Kier alpha value is 0.651. The van der Waals surface area contributed by atoms with Crippen LogP contribution in [0.4, 0.5) is 0 Å². The Morgan fingerprint density at radius 1 is 0.750 bits per heavy atom. The van der Waals surface area contributed by atoms with Crippen LogP contribution in [0.3, 0.4) is 0 Å². The first-order chi connectivity index (χ1) is 6.90. The molecule has 3 heteroatoms. The molecular weight excluding hydrogens is 240 g/mol. The normalized spacial score (nSPS) is 16.3. The molecule has 0 saturated heterocycles. The fraction of sp³-hybridized carbons (Fsp3) is 1.00. The summed E-state index contributed by atoms with van der Waals surface area (Å²) in [4.78, 5) is 0. The molecule has 0 rings (SSSR count). The molecule has 0 heterocycles. The molecule has 0 aromatic heterocycles. The third kappa shape index (κ3) is 6.40. The van der Waals surface area contributed by atoms with Crippen LogP contribution in [-0.2, 0) is 0 Å². The van der Waals surface area contributed by atoms with E-state index in [0.29, 0.717) is 0 Å². The third-order valence-corrected chi connectivity index (χ3v) is 21.4. The third-order valence-electron chi connectivity index (χ3n) is 3.67. The van der Waals surface area contributed by atoms with Gasteiger partial charge in [0.05, 0.1) is 0 Å². The quantitative estimate of drug-likeness (QED) is 0.551. The molecule has 0 saturated carbocycles. The Morgan fingerprint density at radius 3 is 1.25 bits per heavy atom. The maximum absolute atomic E-state index is 2.71. The van der Waals surface area contributed by atoms with Gasteiger partial charge in [-0.15, -0.1) is 0 Å². The van der Waals surface area contributed by atoms with Gasteiger partial charge in [0, 0.05) is 24.2 Å². The second-order valence-electron chi connectivity index (χ2n) is 8.44. The summed E-state index contributed by atoms with van der Waals surface area (Å²) in [5.74, 6) is 0. The van der Waals surface area contributed by atoms with Crippen LogP contribution in [0.15, 0.2) is 0 Å². The minimum absolute atomic E-state index is 0.887. The van der Waals surface area contributed by atoms with Gasteiger partial charge in [0.2, 0.25) is 0 Å². The lowest BCUT2D eigenvalue weighted by atomic mass is 10.4. The van der Waals surface area contributed by atoms with Gasteiger partial charge < -0.3 is 0 Å². The van der Waals surface area contributed by atoms with Gasteiger partial charge in [0.15, 0.2) is 0 Å². The van der Waals surface area contributed by atoms with Gasteiger partial charge in [0.25, 0.3) is 0 Å². The van der Waals surface area contributed by atoms with Crippen LogP contribution in [0.1, 0.15) is 20.3 Å². The van der Waals surface area contributed by atoms with E-state index in [0.717, 1.165) is 5.54 Å². The second kappa shape index (κ2) is 5.53. The van der Waals surface area contributed by atoms with E-state index in [9.17, 15) is 0 Å². The largest absolute Gasteiger partial charge is 0.0698 e. The van der Waals surface area contributed by atoms with Gasteiger partial charge in [-0.05, 0) is 5.54 Å². The highest BCUT2D eigenvalue weighted by molar-refractivity contribution is 7.03. The standard InChI is InChI=1S/C13H34Si3/c1-10-13(2)16(9,11-14(3,4)5)12-15(6,7)8/h13H,10-12H2,1-9H3. The fourth-order valence-corrected chi connectivity index (χ4v) is 28.1. The number of hydrogen-bond donors (Lipinski definition) is 0. The molecule has 98 valence electrons. The molecule has 0 aliphatic heterocycles. The Bertz CT molecular complexity index is 194. The smallest absolute Gasteiger partial charge is 0.0480 e. The molecular formula is C13H34Si3. The van der Waals surface area contributed by atoms with E-state index in [2.05, 4.69) is 59.7 Å². The van der Waals surface area contributed by atoms with Crippen molar-refractivity contribution in [3.63, 3.8) is 0 Å². The van der Waals surface area contributed by atoms with Crippen LogP contribution in [0.5, 0.6) is 0 Å². The maximum atomic E-state index is 2.71. The second-order valence-corrected chi connectivity index (χ2v) is 25.8. The summed E-state index contributed by atoms with van der Waals surface area (Å²) in [7, 11) is -2.78. The molecule has 0 bridgehead atoms. The van der Waals surface area contributed by atoms with Gasteiger partial charge in [-0.1, -0.05) is 77.4 Å². The van der Waals surface area contributed by atoms with Crippen LogP contribution < -0.4 is 0 Å². The van der Waals surface area contributed by atoms with E-state index < -0.39 is 24.2 Å². The average molecular weight is 275 g/mol. The van der Waals surface area contributed by atoms with E-state index in [-0.39, 0.29) is 0 Å². The highest BCUT2D eigenvalue weighted by Gasteiger charge is 2.40. The Labute approximate surface area is 107 Å². The summed E-state index contributed by atoms with van der Waals surface area (Å²) in [6.07, 6.45) is 1.40. The van der Waals surface area contributed by atoms with Crippen molar-refractivity contribution in [3.05, 3.63) is 0 Å².